The molecule has 5 rings (SSSR count). The monoisotopic (exact) mass is 470 g/mol. The average Bonchev–Trinajstić information content (AvgIpc) is 3.52. The van der Waals surface area contributed by atoms with Crippen molar-refractivity contribution in [2.24, 2.45) is 0 Å². The molecule has 1 aliphatic carbocycles. The Morgan fingerprint density at radius 1 is 1.06 bits per heavy atom. The molecule has 2 fully saturated rings. The molecule has 3 aromatic rings. The molecule has 10 nitrogen and oxygen atoms in total. The molecule has 3 heterocycles. The van der Waals surface area contributed by atoms with Gasteiger partial charge >= 0.3 is 0 Å². The molecule has 1 saturated carbocycles. The largest absolute Gasteiger partial charge is 0.360 e. The van der Waals surface area contributed by atoms with Crippen molar-refractivity contribution in [1.29, 1.82) is 0 Å². The quantitative estimate of drug-likeness (QED) is 0.562. The topological polar surface area (TPSA) is 114 Å². The van der Waals surface area contributed by atoms with Gasteiger partial charge in [-0.2, -0.15) is 4.31 Å². The smallest absolute Gasteiger partial charge is 0.276 e. The molecule has 0 atom stereocenters. The first kappa shape index (κ1) is 21.8. The highest BCUT2D eigenvalue weighted by atomic mass is 32.2. The summed E-state index contributed by atoms with van der Waals surface area (Å²) in [5.74, 6) is 0.342. The summed E-state index contributed by atoms with van der Waals surface area (Å²) in [4.78, 5) is 15.3. The van der Waals surface area contributed by atoms with Crippen LogP contribution in [0.5, 0.6) is 0 Å². The van der Waals surface area contributed by atoms with E-state index in [0.29, 0.717) is 30.9 Å². The van der Waals surface area contributed by atoms with Gasteiger partial charge in [-0.25, -0.2) is 13.1 Å². The van der Waals surface area contributed by atoms with Gasteiger partial charge in [-0.3, -0.25) is 4.79 Å². The van der Waals surface area contributed by atoms with Crippen molar-refractivity contribution >= 4 is 15.9 Å². The number of carbonyl (C=O) groups excluding carboxylic acids is 1. The van der Waals surface area contributed by atoms with Crippen molar-refractivity contribution in [2.45, 2.75) is 43.9 Å². The molecule has 1 amide bonds. The lowest BCUT2D eigenvalue weighted by molar-refractivity contribution is 0.0757. The number of rotatable bonds is 5. The number of aryl methyl sites for hydroxylation is 2. The Morgan fingerprint density at radius 3 is 2.48 bits per heavy atom. The fourth-order valence-corrected chi connectivity index (χ4v) is 6.14. The Labute approximate surface area is 192 Å². The molecule has 0 N–H and O–H groups in total. The van der Waals surface area contributed by atoms with Crippen molar-refractivity contribution in [1.82, 2.24) is 29.4 Å². The third-order valence-electron chi connectivity index (χ3n) is 6.18. The van der Waals surface area contributed by atoms with Gasteiger partial charge in [0.2, 0.25) is 10.0 Å². The second-order valence-electron chi connectivity index (χ2n) is 8.55. The molecule has 33 heavy (non-hydrogen) atoms. The van der Waals surface area contributed by atoms with Crippen LogP contribution in [0.25, 0.3) is 5.69 Å². The maximum Gasteiger partial charge on any atom is 0.276 e. The van der Waals surface area contributed by atoms with Crippen LogP contribution in [0, 0.1) is 13.8 Å². The first-order valence-electron chi connectivity index (χ1n) is 11.1. The minimum Gasteiger partial charge on any atom is -0.360 e. The highest BCUT2D eigenvalue weighted by Crippen LogP contribution is 2.42. The van der Waals surface area contributed by atoms with Crippen LogP contribution >= 0.6 is 0 Å². The van der Waals surface area contributed by atoms with Gasteiger partial charge in [0, 0.05) is 32.1 Å². The normalized spacial score (nSPS) is 17.8. The molecule has 174 valence electrons. The van der Waals surface area contributed by atoms with Gasteiger partial charge in [0.25, 0.3) is 5.91 Å². The molecule has 2 aromatic heterocycles. The lowest BCUT2D eigenvalue weighted by Gasteiger charge is -2.21. The first-order chi connectivity index (χ1) is 15.9. The SMILES string of the molecule is Cc1noc(C)c1S(=O)(=O)N1CCCN(C(=O)c2nnn(-c3ccccc3)c2C2CC2)CC1. The zero-order valence-corrected chi connectivity index (χ0v) is 19.5. The zero-order valence-electron chi connectivity index (χ0n) is 18.6. The predicted octanol–water partition coefficient (Wildman–Crippen LogP) is 2.29. The number of hydrogen-bond donors (Lipinski definition) is 0. The van der Waals surface area contributed by atoms with E-state index in [0.717, 1.165) is 24.2 Å². The van der Waals surface area contributed by atoms with Crippen molar-refractivity contribution in [3.05, 3.63) is 53.2 Å². The van der Waals surface area contributed by atoms with E-state index in [1.54, 1.807) is 23.4 Å². The molecule has 0 spiro atoms. The minimum atomic E-state index is -3.75. The van der Waals surface area contributed by atoms with Crippen molar-refractivity contribution in [2.75, 3.05) is 26.2 Å². The van der Waals surface area contributed by atoms with E-state index in [4.69, 9.17) is 4.52 Å². The number of amides is 1. The maximum absolute atomic E-state index is 13.5. The van der Waals surface area contributed by atoms with Crippen molar-refractivity contribution < 1.29 is 17.7 Å². The molecule has 0 unspecified atom stereocenters. The van der Waals surface area contributed by atoms with Crippen LogP contribution in [-0.2, 0) is 10.0 Å². The van der Waals surface area contributed by atoms with E-state index in [9.17, 15) is 13.2 Å². The molecule has 11 heteroatoms. The second kappa shape index (κ2) is 8.38. The number of aromatic nitrogens is 4. The standard InChI is InChI=1S/C22H26N6O4S/c1-15-21(16(2)32-24-15)33(30,31)27-12-6-11-26(13-14-27)22(29)19-20(17-9-10-17)28(25-23-19)18-7-4-3-5-8-18/h3-5,7-8,17H,6,9-14H2,1-2H3. The summed E-state index contributed by atoms with van der Waals surface area (Å²) in [6, 6.07) is 9.68. The van der Waals surface area contributed by atoms with Gasteiger partial charge in [0.15, 0.2) is 11.5 Å². The van der Waals surface area contributed by atoms with E-state index in [1.807, 2.05) is 30.3 Å². The van der Waals surface area contributed by atoms with E-state index < -0.39 is 10.0 Å². The summed E-state index contributed by atoms with van der Waals surface area (Å²) in [6.45, 7) is 4.47. The number of nitrogens with zero attached hydrogens (tertiary/aromatic N) is 6. The molecule has 1 saturated heterocycles. The number of carbonyl (C=O) groups is 1. The summed E-state index contributed by atoms with van der Waals surface area (Å²) in [7, 11) is -3.75. The Balaban J connectivity index is 1.38. The van der Waals surface area contributed by atoms with Gasteiger partial charge in [0.1, 0.15) is 10.6 Å². The molecule has 1 aliphatic heterocycles. The second-order valence-corrected chi connectivity index (χ2v) is 10.4. The highest BCUT2D eigenvalue weighted by Gasteiger charge is 2.37. The number of benzene rings is 1. The molecular weight excluding hydrogens is 444 g/mol. The van der Waals surface area contributed by atoms with Gasteiger partial charge in [-0.15, -0.1) is 5.10 Å². The first-order valence-corrected chi connectivity index (χ1v) is 12.5. The van der Waals surface area contributed by atoms with E-state index in [1.165, 1.54) is 4.31 Å². The van der Waals surface area contributed by atoms with E-state index in [2.05, 4.69) is 15.5 Å². The fourth-order valence-electron chi connectivity index (χ4n) is 4.38. The fraction of sp³-hybridized carbons (Fsp3) is 0.455. The lowest BCUT2D eigenvalue weighted by Crippen LogP contribution is -2.38. The van der Waals surface area contributed by atoms with Crippen LogP contribution < -0.4 is 0 Å². The Morgan fingerprint density at radius 2 is 1.82 bits per heavy atom. The number of sulfonamides is 1. The molecular formula is C22H26N6O4S. The van der Waals surface area contributed by atoms with Crippen LogP contribution in [0.1, 0.15) is 52.8 Å². The van der Waals surface area contributed by atoms with Crippen LogP contribution in [0.15, 0.2) is 39.8 Å². The third-order valence-corrected chi connectivity index (χ3v) is 8.32. The van der Waals surface area contributed by atoms with Crippen LogP contribution in [0.4, 0.5) is 0 Å². The van der Waals surface area contributed by atoms with Crippen molar-refractivity contribution in [3.8, 4) is 5.69 Å². The number of para-hydroxylation sites is 1. The van der Waals surface area contributed by atoms with Crippen LogP contribution in [0.3, 0.4) is 0 Å². The molecule has 2 aliphatic rings. The van der Waals surface area contributed by atoms with Gasteiger partial charge in [-0.1, -0.05) is 28.6 Å². The van der Waals surface area contributed by atoms with Gasteiger partial charge in [0.05, 0.1) is 11.4 Å². The lowest BCUT2D eigenvalue weighted by atomic mass is 10.2. The maximum atomic E-state index is 13.5. The van der Waals surface area contributed by atoms with E-state index in [-0.39, 0.29) is 35.6 Å². The van der Waals surface area contributed by atoms with Gasteiger partial charge < -0.3 is 9.42 Å². The number of hydrogen-bond acceptors (Lipinski definition) is 7. The highest BCUT2D eigenvalue weighted by molar-refractivity contribution is 7.89. The summed E-state index contributed by atoms with van der Waals surface area (Å²) >= 11 is 0. The summed E-state index contributed by atoms with van der Waals surface area (Å²) < 4.78 is 34.6. The van der Waals surface area contributed by atoms with Crippen LogP contribution in [-0.4, -0.2) is 69.9 Å². The summed E-state index contributed by atoms with van der Waals surface area (Å²) in [5.41, 5.74) is 2.42. The van der Waals surface area contributed by atoms with Gasteiger partial charge in [-0.05, 0) is 45.2 Å². The Kier molecular flexibility index (Phi) is 5.53. The predicted molar refractivity (Wildman–Crippen MR) is 119 cm³/mol. The summed E-state index contributed by atoms with van der Waals surface area (Å²) in [5, 5.41) is 12.3. The Bertz CT molecular complexity index is 1260. The van der Waals surface area contributed by atoms with Crippen LogP contribution in [0.2, 0.25) is 0 Å². The summed E-state index contributed by atoms with van der Waals surface area (Å²) in [6.07, 6.45) is 2.54. The molecule has 1 aromatic carbocycles. The minimum absolute atomic E-state index is 0.115. The zero-order chi connectivity index (χ0) is 23.2. The van der Waals surface area contributed by atoms with Crippen molar-refractivity contribution in [3.63, 3.8) is 0 Å². The average molecular weight is 471 g/mol. The molecule has 0 radical (unpaired) electrons. The third kappa shape index (κ3) is 3.95. The molecule has 0 bridgehead atoms. The van der Waals surface area contributed by atoms with E-state index >= 15 is 0 Å². The Hall–Kier alpha value is -3.05.